The Labute approximate surface area is 139 Å². The molecule has 0 aliphatic heterocycles. The van der Waals surface area contributed by atoms with Crippen molar-refractivity contribution in [2.45, 2.75) is 0 Å². The highest BCUT2D eigenvalue weighted by Crippen LogP contribution is 2.28. The number of hydrogen-bond donors (Lipinski definition) is 3. The summed E-state index contributed by atoms with van der Waals surface area (Å²) in [5.74, 6) is 1.07. The van der Waals surface area contributed by atoms with Gasteiger partial charge in [-0.05, 0) is 36.5 Å². The average molecular weight is 331 g/mol. The second-order valence-corrected chi connectivity index (χ2v) is 4.83. The largest absolute Gasteiger partial charge is 0.504 e. The Morgan fingerprint density at radius 1 is 1.09 bits per heavy atom. The van der Waals surface area contributed by atoms with E-state index in [9.17, 15) is 5.11 Å². The molecular weight excluding hydrogens is 314 g/mol. The highest BCUT2D eigenvalue weighted by molar-refractivity contribution is 7.80. The Morgan fingerprint density at radius 3 is 2.52 bits per heavy atom. The van der Waals surface area contributed by atoms with Gasteiger partial charge in [-0.1, -0.05) is 18.2 Å². The standard InChI is InChI=1S/C16H17N3O3S/c1-21-13-8-4-3-7-12(13)18-16(23)19-17-10-11-6-5-9-14(22-2)15(11)20/h3-10,20H,1-2H3,(H2,18,19,23). The zero-order chi connectivity index (χ0) is 16.7. The minimum absolute atomic E-state index is 0.0177. The molecule has 0 bridgehead atoms. The predicted molar refractivity (Wildman–Crippen MR) is 94.6 cm³/mol. The number of phenols is 1. The first kappa shape index (κ1) is 16.6. The number of nitrogens with one attached hydrogen (secondary N) is 2. The smallest absolute Gasteiger partial charge is 0.191 e. The molecule has 2 aromatic carbocycles. The van der Waals surface area contributed by atoms with Crippen LogP contribution in [0.1, 0.15) is 5.56 Å². The normalized spacial score (nSPS) is 10.3. The van der Waals surface area contributed by atoms with Gasteiger partial charge in [0.05, 0.1) is 26.1 Å². The summed E-state index contributed by atoms with van der Waals surface area (Å²) < 4.78 is 10.3. The minimum Gasteiger partial charge on any atom is -0.504 e. The Morgan fingerprint density at radius 2 is 1.78 bits per heavy atom. The predicted octanol–water partition coefficient (Wildman–Crippen LogP) is 2.73. The first-order valence-electron chi connectivity index (χ1n) is 6.74. The zero-order valence-corrected chi connectivity index (χ0v) is 13.6. The van der Waals surface area contributed by atoms with Gasteiger partial charge in [-0.2, -0.15) is 5.10 Å². The molecule has 3 N–H and O–H groups in total. The lowest BCUT2D eigenvalue weighted by molar-refractivity contribution is 0.373. The SMILES string of the molecule is COc1ccccc1NC(=S)NN=Cc1cccc(OC)c1O. The van der Waals surface area contributed by atoms with E-state index in [4.69, 9.17) is 21.7 Å². The van der Waals surface area contributed by atoms with E-state index in [1.54, 1.807) is 25.3 Å². The van der Waals surface area contributed by atoms with E-state index in [1.165, 1.54) is 13.3 Å². The first-order chi connectivity index (χ1) is 11.2. The number of methoxy groups -OCH3 is 2. The van der Waals surface area contributed by atoms with Gasteiger partial charge in [-0.3, -0.25) is 5.43 Å². The first-order valence-corrected chi connectivity index (χ1v) is 7.15. The van der Waals surface area contributed by atoms with Gasteiger partial charge in [0.2, 0.25) is 0 Å². The third-order valence-electron chi connectivity index (χ3n) is 2.98. The van der Waals surface area contributed by atoms with Crippen molar-refractivity contribution < 1.29 is 14.6 Å². The van der Waals surface area contributed by atoms with Crippen LogP contribution < -0.4 is 20.2 Å². The average Bonchev–Trinajstić information content (AvgIpc) is 2.57. The lowest BCUT2D eigenvalue weighted by Gasteiger charge is -2.11. The Kier molecular flexibility index (Phi) is 5.76. The van der Waals surface area contributed by atoms with E-state index >= 15 is 0 Å². The van der Waals surface area contributed by atoms with Crippen molar-refractivity contribution in [1.29, 1.82) is 0 Å². The van der Waals surface area contributed by atoms with Crippen LogP contribution in [0.5, 0.6) is 17.2 Å². The van der Waals surface area contributed by atoms with Crippen molar-refractivity contribution in [2.24, 2.45) is 5.10 Å². The van der Waals surface area contributed by atoms with Crippen molar-refractivity contribution in [3.05, 3.63) is 48.0 Å². The van der Waals surface area contributed by atoms with Gasteiger partial charge in [-0.25, -0.2) is 0 Å². The summed E-state index contributed by atoms with van der Waals surface area (Å²) in [4.78, 5) is 0. The molecule has 0 fully saturated rings. The molecule has 2 rings (SSSR count). The summed E-state index contributed by atoms with van der Waals surface area (Å²) in [5.41, 5.74) is 3.92. The van der Waals surface area contributed by atoms with Crippen molar-refractivity contribution in [3.63, 3.8) is 0 Å². The van der Waals surface area contributed by atoms with Crippen LogP contribution in [0.3, 0.4) is 0 Å². The molecule has 0 radical (unpaired) electrons. The topological polar surface area (TPSA) is 75.1 Å². The summed E-state index contributed by atoms with van der Waals surface area (Å²) >= 11 is 5.16. The van der Waals surface area contributed by atoms with Crippen molar-refractivity contribution >= 4 is 29.2 Å². The van der Waals surface area contributed by atoms with Gasteiger partial charge >= 0.3 is 0 Å². The lowest BCUT2D eigenvalue weighted by atomic mass is 10.2. The van der Waals surface area contributed by atoms with Crippen LogP contribution in [0.25, 0.3) is 0 Å². The van der Waals surface area contributed by atoms with Gasteiger partial charge < -0.3 is 19.9 Å². The molecule has 0 saturated carbocycles. The Balaban J connectivity index is 1.99. The van der Waals surface area contributed by atoms with E-state index in [1.807, 2.05) is 24.3 Å². The number of thiocarbonyl (C=S) groups is 1. The molecule has 2 aromatic rings. The maximum atomic E-state index is 9.95. The number of nitrogens with zero attached hydrogens (tertiary/aromatic N) is 1. The molecule has 0 atom stereocenters. The lowest BCUT2D eigenvalue weighted by Crippen LogP contribution is -2.24. The number of aromatic hydroxyl groups is 1. The second kappa shape index (κ2) is 8.00. The molecule has 6 nitrogen and oxygen atoms in total. The molecule has 0 aliphatic rings. The summed E-state index contributed by atoms with van der Waals surface area (Å²) in [6, 6.07) is 12.5. The van der Waals surface area contributed by atoms with Crippen LogP contribution in [0.4, 0.5) is 5.69 Å². The maximum absolute atomic E-state index is 9.95. The fraction of sp³-hybridized carbons (Fsp3) is 0.125. The molecule has 0 saturated heterocycles. The minimum atomic E-state index is 0.0177. The summed E-state index contributed by atoms with van der Waals surface area (Å²) in [5, 5.41) is 17.2. The molecular formula is C16H17N3O3S. The molecule has 0 aliphatic carbocycles. The number of hydrazone groups is 1. The number of para-hydroxylation sites is 3. The number of phenolic OH excluding ortho intramolecular Hbond substituents is 1. The van der Waals surface area contributed by atoms with Crippen LogP contribution in [-0.2, 0) is 0 Å². The molecule has 0 unspecified atom stereocenters. The number of hydrogen-bond acceptors (Lipinski definition) is 5. The van der Waals surface area contributed by atoms with Crippen LogP contribution in [-0.4, -0.2) is 30.7 Å². The maximum Gasteiger partial charge on any atom is 0.191 e. The van der Waals surface area contributed by atoms with Gasteiger partial charge in [0.15, 0.2) is 16.6 Å². The number of benzene rings is 2. The van der Waals surface area contributed by atoms with Crippen LogP contribution in [0, 0.1) is 0 Å². The molecule has 0 amide bonds. The molecule has 0 aromatic heterocycles. The third kappa shape index (κ3) is 4.33. The zero-order valence-electron chi connectivity index (χ0n) is 12.7. The highest BCUT2D eigenvalue weighted by Gasteiger charge is 2.05. The van der Waals surface area contributed by atoms with Gasteiger partial charge in [0.25, 0.3) is 0 Å². The summed E-state index contributed by atoms with van der Waals surface area (Å²) in [7, 11) is 3.07. The van der Waals surface area contributed by atoms with Crippen molar-refractivity contribution in [1.82, 2.24) is 5.43 Å². The highest BCUT2D eigenvalue weighted by atomic mass is 32.1. The monoisotopic (exact) mass is 331 g/mol. The third-order valence-corrected chi connectivity index (χ3v) is 3.17. The van der Waals surface area contributed by atoms with E-state index < -0.39 is 0 Å². The molecule has 120 valence electrons. The molecule has 0 heterocycles. The fourth-order valence-electron chi connectivity index (χ4n) is 1.87. The number of rotatable bonds is 5. The quantitative estimate of drug-likeness (QED) is 0.444. The Bertz CT molecular complexity index is 719. The van der Waals surface area contributed by atoms with E-state index in [0.29, 0.717) is 22.2 Å². The summed E-state index contributed by atoms with van der Waals surface area (Å²) in [6.07, 6.45) is 1.45. The molecule has 7 heteroatoms. The fourth-order valence-corrected chi connectivity index (χ4v) is 2.03. The van der Waals surface area contributed by atoms with Crippen molar-refractivity contribution in [3.8, 4) is 17.2 Å². The van der Waals surface area contributed by atoms with Gasteiger partial charge in [0, 0.05) is 5.56 Å². The van der Waals surface area contributed by atoms with E-state index in [0.717, 1.165) is 5.69 Å². The molecule has 0 spiro atoms. The Hall–Kier alpha value is -2.80. The number of ether oxygens (including phenoxy) is 2. The van der Waals surface area contributed by atoms with Gasteiger partial charge in [0.1, 0.15) is 5.75 Å². The summed E-state index contributed by atoms with van der Waals surface area (Å²) in [6.45, 7) is 0. The van der Waals surface area contributed by atoms with Crippen LogP contribution in [0.15, 0.2) is 47.6 Å². The molecule has 23 heavy (non-hydrogen) atoms. The van der Waals surface area contributed by atoms with Gasteiger partial charge in [-0.15, -0.1) is 0 Å². The second-order valence-electron chi connectivity index (χ2n) is 4.42. The van der Waals surface area contributed by atoms with Crippen LogP contribution >= 0.6 is 12.2 Å². The van der Waals surface area contributed by atoms with E-state index in [2.05, 4.69) is 15.8 Å². The van der Waals surface area contributed by atoms with Crippen molar-refractivity contribution in [2.75, 3.05) is 19.5 Å². The van der Waals surface area contributed by atoms with Crippen LogP contribution in [0.2, 0.25) is 0 Å². The number of anilines is 1. The van der Waals surface area contributed by atoms with E-state index in [-0.39, 0.29) is 5.75 Å².